The van der Waals surface area contributed by atoms with Crippen LogP contribution in [0.15, 0.2) is 42.5 Å². The zero-order valence-corrected chi connectivity index (χ0v) is 12.0. The zero-order valence-electron chi connectivity index (χ0n) is 12.0. The third-order valence-corrected chi connectivity index (χ3v) is 3.58. The van der Waals surface area contributed by atoms with E-state index in [0.29, 0.717) is 6.07 Å². The van der Waals surface area contributed by atoms with Gasteiger partial charge in [-0.25, -0.2) is 8.78 Å². The first-order valence-corrected chi connectivity index (χ1v) is 6.69. The molecule has 0 amide bonds. The summed E-state index contributed by atoms with van der Waals surface area (Å²) in [7, 11) is 1.31. The van der Waals surface area contributed by atoms with Gasteiger partial charge in [0.05, 0.1) is 13.7 Å². The number of methoxy groups -OCH3 is 1. The van der Waals surface area contributed by atoms with Crippen molar-refractivity contribution in [2.45, 2.75) is 11.7 Å². The van der Waals surface area contributed by atoms with E-state index in [4.69, 9.17) is 14.2 Å². The van der Waals surface area contributed by atoms with E-state index in [0.717, 1.165) is 12.1 Å². The monoisotopic (exact) mass is 328 g/mol. The Labute approximate surface area is 129 Å². The van der Waals surface area contributed by atoms with Crippen LogP contribution in [-0.4, -0.2) is 19.8 Å². The van der Waals surface area contributed by atoms with E-state index in [1.54, 1.807) is 6.07 Å². The second-order valence-electron chi connectivity index (χ2n) is 5.01. The maximum absolute atomic E-state index is 14.6. The van der Waals surface area contributed by atoms with Crippen LogP contribution in [0.3, 0.4) is 0 Å². The summed E-state index contributed by atoms with van der Waals surface area (Å²) in [5.74, 6) is -2.10. The molecule has 1 saturated heterocycles. The number of halogens is 4. The Balaban J connectivity index is 1.95. The number of hydrogen-bond donors (Lipinski definition) is 0. The van der Waals surface area contributed by atoms with Crippen molar-refractivity contribution in [2.24, 2.45) is 0 Å². The van der Waals surface area contributed by atoms with E-state index < -0.39 is 35.5 Å². The van der Waals surface area contributed by atoms with Gasteiger partial charge in [0.25, 0.3) is 0 Å². The van der Waals surface area contributed by atoms with Gasteiger partial charge in [0.15, 0.2) is 11.5 Å². The van der Waals surface area contributed by atoms with E-state index in [2.05, 4.69) is 0 Å². The second-order valence-corrected chi connectivity index (χ2v) is 5.01. The molecule has 1 fully saturated rings. The fourth-order valence-corrected chi connectivity index (χ4v) is 2.29. The Morgan fingerprint density at radius 3 is 2.30 bits per heavy atom. The molecule has 1 heterocycles. The Morgan fingerprint density at radius 2 is 1.74 bits per heavy atom. The molecule has 2 aromatic carbocycles. The molecule has 0 spiro atoms. The molecule has 3 nitrogen and oxygen atoms in total. The highest BCUT2D eigenvalue weighted by molar-refractivity contribution is 5.40. The molecular formula is C16H12F4O3. The largest absolute Gasteiger partial charge is 0.493 e. The highest BCUT2D eigenvalue weighted by Gasteiger charge is 2.69. The summed E-state index contributed by atoms with van der Waals surface area (Å²) in [6.07, 6.45) is -3.87. The highest BCUT2D eigenvalue weighted by atomic mass is 19.3. The molecular weight excluding hydrogens is 316 g/mol. The third kappa shape index (κ3) is 2.61. The quantitative estimate of drug-likeness (QED) is 0.617. The van der Waals surface area contributed by atoms with Crippen LogP contribution in [0, 0.1) is 11.6 Å². The first-order valence-electron chi connectivity index (χ1n) is 6.69. The molecule has 7 heteroatoms. The van der Waals surface area contributed by atoms with Crippen LogP contribution in [-0.2, 0) is 10.3 Å². The lowest BCUT2D eigenvalue weighted by Gasteiger charge is -2.25. The van der Waals surface area contributed by atoms with Crippen molar-refractivity contribution in [1.82, 2.24) is 0 Å². The zero-order chi connectivity index (χ0) is 16.7. The minimum atomic E-state index is -3.87. The predicted octanol–water partition coefficient (Wildman–Crippen LogP) is 3.87. The van der Waals surface area contributed by atoms with Gasteiger partial charge in [0.1, 0.15) is 11.6 Å². The van der Waals surface area contributed by atoms with Gasteiger partial charge in [0.2, 0.25) is 5.60 Å². The summed E-state index contributed by atoms with van der Waals surface area (Å²) in [5.41, 5.74) is -2.75. The van der Waals surface area contributed by atoms with Crippen LogP contribution in [0.25, 0.3) is 0 Å². The molecule has 1 aliphatic rings. The summed E-state index contributed by atoms with van der Waals surface area (Å²) in [6.45, 7) is -0.447. The summed E-state index contributed by atoms with van der Waals surface area (Å²) in [4.78, 5) is 0. The van der Waals surface area contributed by atoms with Crippen LogP contribution in [0.5, 0.6) is 11.5 Å². The number of ether oxygens (including phenoxy) is 3. The molecule has 2 aromatic rings. The van der Waals surface area contributed by atoms with Crippen molar-refractivity contribution in [3.63, 3.8) is 0 Å². The van der Waals surface area contributed by atoms with Gasteiger partial charge in [-0.3, -0.25) is 0 Å². The minimum Gasteiger partial charge on any atom is -0.493 e. The van der Waals surface area contributed by atoms with Crippen molar-refractivity contribution in [3.05, 3.63) is 59.7 Å². The fraction of sp³-hybridized carbons (Fsp3) is 0.250. The Morgan fingerprint density at radius 1 is 1.09 bits per heavy atom. The van der Waals surface area contributed by atoms with Crippen molar-refractivity contribution in [3.8, 4) is 11.5 Å². The summed E-state index contributed by atoms with van der Waals surface area (Å²) in [6, 6.07) is 8.17. The van der Waals surface area contributed by atoms with Crippen LogP contribution in [0.2, 0.25) is 0 Å². The van der Waals surface area contributed by atoms with Gasteiger partial charge in [0, 0.05) is 11.6 Å². The van der Waals surface area contributed by atoms with Crippen molar-refractivity contribution in [2.75, 3.05) is 13.7 Å². The van der Waals surface area contributed by atoms with E-state index in [1.165, 1.54) is 25.3 Å². The molecule has 0 aliphatic carbocycles. The second kappa shape index (κ2) is 5.42. The molecule has 0 aromatic heterocycles. The fourth-order valence-electron chi connectivity index (χ4n) is 2.29. The molecule has 1 atom stereocenters. The highest BCUT2D eigenvalue weighted by Crippen LogP contribution is 2.53. The smallest absolute Gasteiger partial charge is 0.434 e. The van der Waals surface area contributed by atoms with E-state index in [-0.39, 0.29) is 11.5 Å². The molecule has 0 saturated carbocycles. The Hall–Kier alpha value is -2.28. The van der Waals surface area contributed by atoms with E-state index >= 15 is 0 Å². The number of benzene rings is 2. The number of epoxide rings is 1. The van der Waals surface area contributed by atoms with Crippen molar-refractivity contribution in [1.29, 1.82) is 0 Å². The van der Waals surface area contributed by atoms with Gasteiger partial charge in [-0.2, -0.15) is 8.78 Å². The SMILES string of the molecule is COc1ccccc1OC(F)(F)C1(c2ccc(F)cc2F)CO1. The Kier molecular flexibility index (Phi) is 3.68. The normalized spacial score (nSPS) is 20.2. The maximum atomic E-state index is 14.6. The van der Waals surface area contributed by atoms with Crippen LogP contribution >= 0.6 is 0 Å². The van der Waals surface area contributed by atoms with Gasteiger partial charge < -0.3 is 14.2 Å². The minimum absolute atomic E-state index is 0.0996. The summed E-state index contributed by atoms with van der Waals surface area (Å²) in [5, 5.41) is 0. The average Bonchev–Trinajstić information content (AvgIpc) is 3.29. The van der Waals surface area contributed by atoms with Crippen LogP contribution < -0.4 is 9.47 Å². The molecule has 1 aliphatic heterocycles. The molecule has 122 valence electrons. The number of para-hydroxylation sites is 2. The molecule has 1 unspecified atom stereocenters. The number of hydrogen-bond acceptors (Lipinski definition) is 3. The average molecular weight is 328 g/mol. The lowest BCUT2D eigenvalue weighted by Crippen LogP contribution is -2.41. The topological polar surface area (TPSA) is 31.0 Å². The molecule has 23 heavy (non-hydrogen) atoms. The molecule has 0 N–H and O–H groups in total. The van der Waals surface area contributed by atoms with Gasteiger partial charge in [-0.05, 0) is 24.3 Å². The van der Waals surface area contributed by atoms with Crippen LogP contribution in [0.4, 0.5) is 17.6 Å². The lowest BCUT2D eigenvalue weighted by molar-refractivity contribution is -0.227. The van der Waals surface area contributed by atoms with E-state index in [1.807, 2.05) is 0 Å². The molecule has 3 rings (SSSR count). The van der Waals surface area contributed by atoms with Gasteiger partial charge >= 0.3 is 6.11 Å². The first kappa shape index (κ1) is 15.6. The van der Waals surface area contributed by atoms with Gasteiger partial charge in [-0.15, -0.1) is 0 Å². The van der Waals surface area contributed by atoms with Crippen LogP contribution in [0.1, 0.15) is 5.56 Å². The number of rotatable bonds is 5. The summed E-state index contributed by atoms with van der Waals surface area (Å²) >= 11 is 0. The Bertz CT molecular complexity index is 729. The van der Waals surface area contributed by atoms with E-state index in [9.17, 15) is 17.6 Å². The summed E-state index contributed by atoms with van der Waals surface area (Å²) < 4.78 is 70.5. The lowest BCUT2D eigenvalue weighted by atomic mass is 9.98. The number of alkyl halides is 2. The first-order chi connectivity index (χ1) is 10.9. The van der Waals surface area contributed by atoms with Crippen molar-refractivity contribution < 1.29 is 31.8 Å². The third-order valence-electron chi connectivity index (χ3n) is 3.58. The molecule has 0 bridgehead atoms. The standard InChI is InChI=1S/C16H12F4O3/c1-21-13-4-2-3-5-14(13)23-16(19,20)15(9-22-15)11-7-6-10(17)8-12(11)18/h2-8H,9H2,1H3. The predicted molar refractivity (Wildman–Crippen MR) is 72.6 cm³/mol. The van der Waals surface area contributed by atoms with Gasteiger partial charge in [-0.1, -0.05) is 12.1 Å². The molecule has 0 radical (unpaired) electrons. The maximum Gasteiger partial charge on any atom is 0.434 e. The van der Waals surface area contributed by atoms with Crippen molar-refractivity contribution >= 4 is 0 Å².